The van der Waals surface area contributed by atoms with E-state index in [9.17, 15) is 4.79 Å². The van der Waals surface area contributed by atoms with Gasteiger partial charge in [-0.15, -0.1) is 5.10 Å². The Kier molecular flexibility index (Phi) is 3.75. The molecule has 1 N–H and O–H groups in total. The Bertz CT molecular complexity index is 1190. The number of hydrogen-bond donors (Lipinski definition) is 1. The van der Waals surface area contributed by atoms with Crippen LogP contribution in [0.25, 0.3) is 5.65 Å². The van der Waals surface area contributed by atoms with Crippen LogP contribution in [0.5, 0.6) is 0 Å². The average Bonchev–Trinajstić information content (AvgIpc) is 3.29. The molecule has 1 aromatic carbocycles. The number of carbonyl (C=O) groups is 1. The van der Waals surface area contributed by atoms with E-state index in [1.54, 1.807) is 6.20 Å². The Morgan fingerprint density at radius 2 is 2.11 bits per heavy atom. The van der Waals surface area contributed by atoms with Gasteiger partial charge in [-0.1, -0.05) is 24.3 Å². The van der Waals surface area contributed by atoms with Gasteiger partial charge in [-0.3, -0.25) is 9.48 Å². The molecule has 0 radical (unpaired) electrons. The van der Waals surface area contributed by atoms with Crippen LogP contribution in [0.4, 0.5) is 5.82 Å². The molecule has 0 aliphatic carbocycles. The molecule has 7 nitrogen and oxygen atoms in total. The molecule has 4 heterocycles. The lowest BCUT2D eigenvalue weighted by molar-refractivity contribution is -0.116. The third kappa shape index (κ3) is 2.76. The van der Waals surface area contributed by atoms with E-state index in [1.165, 1.54) is 0 Å². The monoisotopic (exact) mass is 372 g/mol. The molecule has 3 aromatic heterocycles. The van der Waals surface area contributed by atoms with Crippen LogP contribution in [0.2, 0.25) is 0 Å². The van der Waals surface area contributed by atoms with E-state index in [2.05, 4.69) is 33.7 Å². The Balaban J connectivity index is 1.63. The summed E-state index contributed by atoms with van der Waals surface area (Å²) in [6.07, 6.45) is 4.10. The minimum Gasteiger partial charge on any atom is -0.309 e. The summed E-state index contributed by atoms with van der Waals surface area (Å²) in [7, 11) is 0. The zero-order valence-electron chi connectivity index (χ0n) is 15.8. The molecular weight excluding hydrogens is 352 g/mol. The third-order valence-corrected chi connectivity index (χ3v) is 5.18. The van der Waals surface area contributed by atoms with Crippen molar-refractivity contribution in [2.45, 2.75) is 32.7 Å². The normalized spacial score (nSPS) is 16.2. The fourth-order valence-electron chi connectivity index (χ4n) is 4.00. The van der Waals surface area contributed by atoms with Gasteiger partial charge in [-0.2, -0.15) is 5.10 Å². The van der Waals surface area contributed by atoms with Gasteiger partial charge in [0.15, 0.2) is 11.5 Å². The zero-order chi connectivity index (χ0) is 19.3. The highest BCUT2D eigenvalue weighted by Crippen LogP contribution is 2.39. The maximum absolute atomic E-state index is 12.4. The second-order valence-electron chi connectivity index (χ2n) is 7.29. The Hall–Kier alpha value is -3.48. The SMILES string of the molecule is Cc1cc(C)n2nc3c(c2n1)C(c1cccc(Cn2cccn2)c1)CC(=O)N3. The molecule has 1 atom stereocenters. The highest BCUT2D eigenvalue weighted by molar-refractivity contribution is 5.96. The number of nitrogens with one attached hydrogen (secondary N) is 1. The van der Waals surface area contributed by atoms with Gasteiger partial charge in [0.1, 0.15) is 0 Å². The van der Waals surface area contributed by atoms with Crippen LogP contribution >= 0.6 is 0 Å². The van der Waals surface area contributed by atoms with E-state index >= 15 is 0 Å². The van der Waals surface area contributed by atoms with Crippen LogP contribution in [0.15, 0.2) is 48.8 Å². The van der Waals surface area contributed by atoms with Crippen LogP contribution in [-0.2, 0) is 11.3 Å². The molecule has 4 aromatic rings. The van der Waals surface area contributed by atoms with Crippen molar-refractivity contribution in [3.05, 3.63) is 76.9 Å². The van der Waals surface area contributed by atoms with Crippen molar-refractivity contribution >= 4 is 17.4 Å². The fraction of sp³-hybridized carbons (Fsp3) is 0.238. The van der Waals surface area contributed by atoms with Crippen LogP contribution in [0.1, 0.15) is 40.4 Å². The molecule has 5 rings (SSSR count). The number of hydrogen-bond acceptors (Lipinski definition) is 4. The first kappa shape index (κ1) is 16.7. The molecule has 7 heteroatoms. The first-order chi connectivity index (χ1) is 13.6. The summed E-state index contributed by atoms with van der Waals surface area (Å²) in [5, 5.41) is 11.8. The predicted octanol–water partition coefficient (Wildman–Crippen LogP) is 3.07. The van der Waals surface area contributed by atoms with Gasteiger partial charge in [0, 0.05) is 41.7 Å². The van der Waals surface area contributed by atoms with Crippen molar-refractivity contribution in [1.29, 1.82) is 0 Å². The van der Waals surface area contributed by atoms with E-state index < -0.39 is 0 Å². The highest BCUT2D eigenvalue weighted by atomic mass is 16.1. The van der Waals surface area contributed by atoms with E-state index in [0.717, 1.165) is 33.7 Å². The van der Waals surface area contributed by atoms with E-state index in [-0.39, 0.29) is 11.8 Å². The smallest absolute Gasteiger partial charge is 0.226 e. The summed E-state index contributed by atoms with van der Waals surface area (Å²) in [4.78, 5) is 17.1. The Morgan fingerprint density at radius 1 is 1.21 bits per heavy atom. The largest absolute Gasteiger partial charge is 0.309 e. The fourth-order valence-corrected chi connectivity index (χ4v) is 4.00. The molecule has 1 unspecified atom stereocenters. The average molecular weight is 372 g/mol. The van der Waals surface area contributed by atoms with Crippen LogP contribution in [0.3, 0.4) is 0 Å². The Labute approximate surface area is 162 Å². The lowest BCUT2D eigenvalue weighted by Gasteiger charge is -2.22. The second kappa shape index (κ2) is 6.30. The summed E-state index contributed by atoms with van der Waals surface area (Å²) in [6, 6.07) is 12.3. The van der Waals surface area contributed by atoms with E-state index in [4.69, 9.17) is 4.98 Å². The number of benzene rings is 1. The van der Waals surface area contributed by atoms with Gasteiger partial charge in [0.05, 0.1) is 6.54 Å². The quantitative estimate of drug-likeness (QED) is 0.600. The molecule has 0 saturated carbocycles. The van der Waals surface area contributed by atoms with Crippen molar-refractivity contribution in [2.75, 3.05) is 5.32 Å². The zero-order valence-corrected chi connectivity index (χ0v) is 15.8. The first-order valence-electron chi connectivity index (χ1n) is 9.31. The first-order valence-corrected chi connectivity index (χ1v) is 9.31. The number of aromatic nitrogens is 5. The van der Waals surface area contributed by atoms with E-state index in [0.29, 0.717) is 18.8 Å². The van der Waals surface area contributed by atoms with Crippen LogP contribution in [0, 0.1) is 13.8 Å². The molecular formula is C21H20N6O. The summed E-state index contributed by atoms with van der Waals surface area (Å²) < 4.78 is 3.71. The maximum atomic E-state index is 12.4. The number of nitrogens with zero attached hydrogens (tertiary/aromatic N) is 5. The molecule has 1 aliphatic rings. The lowest BCUT2D eigenvalue weighted by Crippen LogP contribution is -2.23. The van der Waals surface area contributed by atoms with Crippen molar-refractivity contribution in [2.24, 2.45) is 0 Å². The summed E-state index contributed by atoms with van der Waals surface area (Å²) in [5.41, 5.74) is 5.98. The van der Waals surface area contributed by atoms with Crippen molar-refractivity contribution in [1.82, 2.24) is 24.4 Å². The van der Waals surface area contributed by atoms with Gasteiger partial charge >= 0.3 is 0 Å². The highest BCUT2D eigenvalue weighted by Gasteiger charge is 2.32. The maximum Gasteiger partial charge on any atom is 0.226 e. The third-order valence-electron chi connectivity index (χ3n) is 5.18. The van der Waals surface area contributed by atoms with Crippen molar-refractivity contribution in [3.8, 4) is 0 Å². The topological polar surface area (TPSA) is 77.1 Å². The van der Waals surface area contributed by atoms with Gasteiger partial charge in [-0.25, -0.2) is 9.50 Å². The molecule has 28 heavy (non-hydrogen) atoms. The molecule has 1 amide bonds. The van der Waals surface area contributed by atoms with Crippen LogP contribution in [-0.4, -0.2) is 30.3 Å². The van der Waals surface area contributed by atoms with Gasteiger partial charge in [0.25, 0.3) is 0 Å². The van der Waals surface area contributed by atoms with Gasteiger partial charge in [-0.05, 0) is 37.1 Å². The predicted molar refractivity (Wildman–Crippen MR) is 105 cm³/mol. The molecule has 0 spiro atoms. The molecule has 0 saturated heterocycles. The van der Waals surface area contributed by atoms with Crippen molar-refractivity contribution < 1.29 is 4.79 Å². The summed E-state index contributed by atoms with van der Waals surface area (Å²) >= 11 is 0. The number of aryl methyl sites for hydroxylation is 2. The van der Waals surface area contributed by atoms with Gasteiger partial charge in [0.2, 0.25) is 5.91 Å². The van der Waals surface area contributed by atoms with Crippen LogP contribution < -0.4 is 5.32 Å². The number of carbonyl (C=O) groups excluding carboxylic acids is 1. The number of fused-ring (bicyclic) bond motifs is 3. The second-order valence-corrected chi connectivity index (χ2v) is 7.29. The molecule has 1 aliphatic heterocycles. The summed E-state index contributed by atoms with van der Waals surface area (Å²) in [5.74, 6) is 0.514. The lowest BCUT2D eigenvalue weighted by atomic mass is 9.86. The molecule has 140 valence electrons. The Morgan fingerprint density at radius 3 is 2.93 bits per heavy atom. The minimum absolute atomic E-state index is 0.0206. The minimum atomic E-state index is -0.0764. The number of amides is 1. The standard InChI is InChI=1S/C21H20N6O/c1-13-9-14(2)27-21(23-13)19-17(11-18(28)24-20(19)25-27)16-6-3-5-15(10-16)12-26-8-4-7-22-26/h3-10,17H,11-12H2,1-2H3,(H,24,25,28). The summed E-state index contributed by atoms with van der Waals surface area (Å²) in [6.45, 7) is 4.67. The number of anilines is 1. The van der Waals surface area contributed by atoms with Crippen molar-refractivity contribution in [3.63, 3.8) is 0 Å². The molecule has 0 fully saturated rings. The van der Waals surface area contributed by atoms with Gasteiger partial charge < -0.3 is 5.32 Å². The molecule has 0 bridgehead atoms. The number of rotatable bonds is 3. The van der Waals surface area contributed by atoms with E-state index in [1.807, 2.05) is 47.4 Å².